The lowest BCUT2D eigenvalue weighted by atomic mass is 11.0. The van der Waals surface area contributed by atoms with Gasteiger partial charge in [0.1, 0.15) is 12.4 Å². The standard InChI is InChI=1S/C3H4N2.2CH4N2S.ClH/c1-2-5-3-4-1;2*2-1(3)4;/h1-3H,(H,4,5);2*(H4,2,3,4);1H. The zero-order valence-electron chi connectivity index (χ0n) is 7.24. The molecule has 1 heterocycles. The van der Waals surface area contributed by atoms with Crippen LogP contribution in [0.5, 0.6) is 0 Å². The Morgan fingerprint density at radius 3 is 1.50 bits per heavy atom. The summed E-state index contributed by atoms with van der Waals surface area (Å²) < 4.78 is 0. The maximum Gasteiger partial charge on any atom is 0.239 e. The smallest absolute Gasteiger partial charge is 0.239 e. The van der Waals surface area contributed by atoms with Crippen molar-refractivity contribution in [3.63, 3.8) is 0 Å². The molecule has 0 saturated carbocycles. The molecular weight excluding hydrogens is 244 g/mol. The number of aromatic amines is 2. The number of rotatable bonds is 0. The average Bonchev–Trinajstić information content (AvgIpc) is 2.35. The molecule has 10 N–H and O–H groups in total. The fraction of sp³-hybridized carbons (Fsp3) is 0. The van der Waals surface area contributed by atoms with Gasteiger partial charge in [-0.1, -0.05) is 0 Å². The van der Waals surface area contributed by atoms with Crippen molar-refractivity contribution in [3.05, 3.63) is 18.7 Å². The second-order valence-electron chi connectivity index (χ2n) is 1.62. The van der Waals surface area contributed by atoms with E-state index in [0.29, 0.717) is 0 Å². The van der Waals surface area contributed by atoms with Gasteiger partial charge in [0.25, 0.3) is 0 Å². The van der Waals surface area contributed by atoms with Crippen LogP contribution in [0.2, 0.25) is 0 Å². The van der Waals surface area contributed by atoms with Gasteiger partial charge < -0.3 is 35.3 Å². The summed E-state index contributed by atoms with van der Waals surface area (Å²) in [6.07, 6.45) is 5.39. The van der Waals surface area contributed by atoms with Crippen LogP contribution in [0.15, 0.2) is 18.7 Å². The second kappa shape index (κ2) is 14.4. The highest BCUT2D eigenvalue weighted by Gasteiger charge is 1.65. The van der Waals surface area contributed by atoms with E-state index in [2.05, 4.69) is 57.3 Å². The van der Waals surface area contributed by atoms with Crippen LogP contribution < -0.4 is 40.3 Å². The number of nitrogens with two attached hydrogens (primary N) is 4. The first-order valence-corrected chi connectivity index (χ1v) is 3.87. The van der Waals surface area contributed by atoms with Crippen molar-refractivity contribution in [3.8, 4) is 0 Å². The fourth-order valence-electron chi connectivity index (χ4n) is 0.241. The van der Waals surface area contributed by atoms with E-state index in [4.69, 9.17) is 0 Å². The molecule has 0 atom stereocenters. The molecule has 0 unspecified atom stereocenters. The molecule has 0 bridgehead atoms. The zero-order chi connectivity index (χ0) is 10.7. The van der Waals surface area contributed by atoms with Gasteiger partial charge >= 0.3 is 0 Å². The van der Waals surface area contributed by atoms with Crippen LogP contribution in [0.3, 0.4) is 0 Å². The minimum atomic E-state index is 0. The lowest BCUT2D eigenvalue weighted by molar-refractivity contribution is -0.375. The minimum absolute atomic E-state index is 0. The van der Waals surface area contributed by atoms with Gasteiger partial charge in [0.2, 0.25) is 6.33 Å². The number of imidazole rings is 1. The highest BCUT2D eigenvalue weighted by Crippen LogP contribution is 1.53. The van der Waals surface area contributed by atoms with E-state index < -0.39 is 0 Å². The molecule has 82 valence electrons. The highest BCUT2D eigenvalue weighted by molar-refractivity contribution is 7.80. The number of thiocarbonyl (C=S) groups is 2. The molecule has 14 heavy (non-hydrogen) atoms. The van der Waals surface area contributed by atoms with E-state index in [0.717, 1.165) is 0 Å². The summed E-state index contributed by atoms with van der Waals surface area (Å²) in [4.78, 5) is 5.61. The Labute approximate surface area is 98.8 Å². The third kappa shape index (κ3) is 70.5. The first kappa shape index (κ1) is 18.6. The molecule has 0 aliphatic rings. The number of aromatic nitrogens is 2. The van der Waals surface area contributed by atoms with Gasteiger partial charge in [-0.15, -0.1) is 0 Å². The maximum atomic E-state index is 4.62. The number of nitrogens with one attached hydrogen (secondary N) is 2. The molecule has 6 nitrogen and oxygen atoms in total. The van der Waals surface area contributed by atoms with Crippen LogP contribution in [0, 0.1) is 0 Å². The monoisotopic (exact) mass is 256 g/mol. The van der Waals surface area contributed by atoms with Crippen LogP contribution in [0.1, 0.15) is 0 Å². The predicted molar refractivity (Wildman–Crippen MR) is 59.3 cm³/mol. The molecule has 0 amide bonds. The van der Waals surface area contributed by atoms with Crippen molar-refractivity contribution in [2.24, 2.45) is 22.9 Å². The Hall–Kier alpha value is -1.12. The van der Waals surface area contributed by atoms with E-state index in [1.165, 1.54) is 0 Å². The van der Waals surface area contributed by atoms with E-state index in [1.807, 2.05) is 12.4 Å². The predicted octanol–water partition coefficient (Wildman–Crippen LogP) is -4.79. The summed E-state index contributed by atoms with van der Waals surface area (Å²) in [7, 11) is 0. The molecule has 0 fully saturated rings. The summed E-state index contributed by atoms with van der Waals surface area (Å²) in [5, 5.41) is 0.000000000000000444. The zero-order valence-corrected chi connectivity index (χ0v) is 9.62. The number of H-pyrrole nitrogens is 2. The number of hydrogen-bond donors (Lipinski definition) is 5. The average molecular weight is 257 g/mol. The maximum absolute atomic E-state index is 4.62. The Bertz CT molecular complexity index is 189. The third-order valence-corrected chi connectivity index (χ3v) is 0.442. The molecule has 9 heteroatoms. The van der Waals surface area contributed by atoms with Crippen molar-refractivity contribution < 1.29 is 17.4 Å². The van der Waals surface area contributed by atoms with Gasteiger partial charge in [-0.05, 0) is 24.4 Å². The van der Waals surface area contributed by atoms with Crippen LogP contribution in [0.25, 0.3) is 0 Å². The number of halogens is 1. The Morgan fingerprint density at radius 2 is 1.43 bits per heavy atom. The Balaban J connectivity index is -0.000000127. The highest BCUT2D eigenvalue weighted by atomic mass is 35.5. The Morgan fingerprint density at radius 1 is 1.07 bits per heavy atom. The molecule has 0 spiro atoms. The molecule has 1 aromatic rings. The Kier molecular flexibility index (Phi) is 19.2. The normalized spacial score (nSPS) is 6.29. The molecule has 0 saturated heterocycles. The molecular formula is C5H13ClN6S2. The van der Waals surface area contributed by atoms with E-state index in [-0.39, 0.29) is 22.6 Å². The molecule has 1 aromatic heterocycles. The van der Waals surface area contributed by atoms with Gasteiger partial charge in [-0.25, -0.2) is 0 Å². The summed E-state index contributed by atoms with van der Waals surface area (Å²) >= 11 is 8.19. The van der Waals surface area contributed by atoms with E-state index in [1.54, 1.807) is 6.33 Å². The van der Waals surface area contributed by atoms with Crippen molar-refractivity contribution >= 4 is 34.7 Å². The fourth-order valence-corrected chi connectivity index (χ4v) is 0.241. The van der Waals surface area contributed by atoms with E-state index in [9.17, 15) is 0 Å². The van der Waals surface area contributed by atoms with Crippen LogP contribution >= 0.6 is 24.4 Å². The van der Waals surface area contributed by atoms with Gasteiger partial charge in [0.15, 0.2) is 10.2 Å². The van der Waals surface area contributed by atoms with Crippen LogP contribution in [0.4, 0.5) is 0 Å². The number of hydrogen-bond acceptors (Lipinski definition) is 2. The molecule has 0 aliphatic heterocycles. The topological polar surface area (TPSA) is 134 Å². The largest absolute Gasteiger partial charge is 1.00 e. The van der Waals surface area contributed by atoms with Gasteiger partial charge in [0.05, 0.1) is 0 Å². The summed E-state index contributed by atoms with van der Waals surface area (Å²) in [5.41, 5.74) is 18.5. The van der Waals surface area contributed by atoms with Crippen molar-refractivity contribution in [2.75, 3.05) is 0 Å². The minimum Gasteiger partial charge on any atom is -1.00 e. The lowest BCUT2D eigenvalue weighted by Gasteiger charge is -1.68. The SMILES string of the molecule is NC(N)=S.NC(N)=S.[Cl-].c1c[nH+]c[nH]1. The van der Waals surface area contributed by atoms with Gasteiger partial charge in [-0.3, -0.25) is 9.97 Å². The summed E-state index contributed by atoms with van der Waals surface area (Å²) in [5.74, 6) is 0. The first-order valence-electron chi connectivity index (χ1n) is 3.05. The molecule has 0 aromatic carbocycles. The lowest BCUT2D eigenvalue weighted by Crippen LogP contribution is -3.00. The molecule has 1 rings (SSSR count). The van der Waals surface area contributed by atoms with Crippen molar-refractivity contribution in [1.29, 1.82) is 0 Å². The summed E-state index contributed by atoms with van der Waals surface area (Å²) in [6.45, 7) is 0. The van der Waals surface area contributed by atoms with Crippen LogP contribution in [-0.4, -0.2) is 15.2 Å². The van der Waals surface area contributed by atoms with Crippen LogP contribution in [-0.2, 0) is 0 Å². The molecule has 0 aliphatic carbocycles. The first-order chi connectivity index (χ1) is 5.96. The van der Waals surface area contributed by atoms with Crippen molar-refractivity contribution in [1.82, 2.24) is 4.98 Å². The quantitative estimate of drug-likeness (QED) is 0.296. The summed E-state index contributed by atoms with van der Waals surface area (Å²) in [6, 6.07) is 0. The van der Waals surface area contributed by atoms with Gasteiger partial charge in [0, 0.05) is 0 Å². The second-order valence-corrected chi connectivity index (χ2v) is 2.56. The van der Waals surface area contributed by atoms with Crippen molar-refractivity contribution in [2.45, 2.75) is 0 Å². The van der Waals surface area contributed by atoms with Gasteiger partial charge in [-0.2, -0.15) is 0 Å². The molecule has 0 radical (unpaired) electrons. The van der Waals surface area contributed by atoms with E-state index >= 15 is 0 Å². The third-order valence-electron chi connectivity index (χ3n) is 0.442.